The first-order chi connectivity index (χ1) is 6.54. The maximum Gasteiger partial charge on any atom is 0.177 e. The predicted molar refractivity (Wildman–Crippen MR) is 56.1 cm³/mol. The van der Waals surface area contributed by atoms with E-state index in [9.17, 15) is 8.42 Å². The molecule has 1 aromatic heterocycles. The fourth-order valence-electron chi connectivity index (χ4n) is 0.957. The van der Waals surface area contributed by atoms with Crippen LogP contribution in [0.25, 0.3) is 0 Å². The molecule has 0 aliphatic carbocycles. The average Bonchev–Trinajstić information content (AvgIpc) is 2.14. The molecule has 0 aromatic carbocycles. The molecule has 78 valence electrons. The minimum atomic E-state index is -3.13. The standard InChI is InChI=1S/C9H14N2O2S/c1-3-6-10-9-5-4-8(7-11-9)14(2,12)13/h4-5,7H,3,6H2,1-2H3,(H,10,11). The number of hydrogen-bond acceptors (Lipinski definition) is 4. The van der Waals surface area contributed by atoms with E-state index in [1.54, 1.807) is 12.1 Å². The highest BCUT2D eigenvalue weighted by molar-refractivity contribution is 7.90. The second kappa shape index (κ2) is 4.41. The lowest BCUT2D eigenvalue weighted by molar-refractivity contribution is 0.601. The van der Waals surface area contributed by atoms with E-state index in [1.807, 2.05) is 0 Å². The maximum absolute atomic E-state index is 11.1. The number of sulfone groups is 1. The van der Waals surface area contributed by atoms with Crippen LogP contribution in [0, 0.1) is 0 Å². The SMILES string of the molecule is CCCNc1ccc(S(C)(=O)=O)cn1. The Morgan fingerprint density at radius 3 is 2.57 bits per heavy atom. The Labute approximate surface area is 84.3 Å². The van der Waals surface area contributed by atoms with Crippen LogP contribution in [0.2, 0.25) is 0 Å². The molecular formula is C9H14N2O2S. The molecule has 0 amide bonds. The van der Waals surface area contributed by atoms with Crippen molar-refractivity contribution in [3.8, 4) is 0 Å². The number of pyridine rings is 1. The fraction of sp³-hybridized carbons (Fsp3) is 0.444. The van der Waals surface area contributed by atoms with E-state index >= 15 is 0 Å². The van der Waals surface area contributed by atoms with Crippen molar-refractivity contribution in [2.24, 2.45) is 0 Å². The summed E-state index contributed by atoms with van der Waals surface area (Å²) in [5, 5.41) is 3.07. The highest BCUT2D eigenvalue weighted by Crippen LogP contribution is 2.09. The van der Waals surface area contributed by atoms with Crippen molar-refractivity contribution in [1.82, 2.24) is 4.98 Å². The van der Waals surface area contributed by atoms with E-state index in [1.165, 1.54) is 12.5 Å². The monoisotopic (exact) mass is 214 g/mol. The molecule has 0 spiro atoms. The van der Waals surface area contributed by atoms with Gasteiger partial charge in [0.25, 0.3) is 0 Å². The molecular weight excluding hydrogens is 200 g/mol. The van der Waals surface area contributed by atoms with Crippen molar-refractivity contribution in [3.63, 3.8) is 0 Å². The summed E-state index contributed by atoms with van der Waals surface area (Å²) < 4.78 is 22.2. The van der Waals surface area contributed by atoms with Crippen molar-refractivity contribution in [3.05, 3.63) is 18.3 Å². The van der Waals surface area contributed by atoms with Crippen molar-refractivity contribution in [2.45, 2.75) is 18.2 Å². The molecule has 0 fully saturated rings. The topological polar surface area (TPSA) is 59.1 Å². The quantitative estimate of drug-likeness (QED) is 0.821. The summed E-state index contributed by atoms with van der Waals surface area (Å²) in [6.45, 7) is 2.89. The largest absolute Gasteiger partial charge is 0.370 e. The molecule has 0 saturated heterocycles. The van der Waals surface area contributed by atoms with Crippen LogP contribution in [0.5, 0.6) is 0 Å². The Morgan fingerprint density at radius 2 is 2.14 bits per heavy atom. The Balaban J connectivity index is 2.79. The van der Waals surface area contributed by atoms with E-state index in [4.69, 9.17) is 0 Å². The molecule has 0 aliphatic heterocycles. The minimum Gasteiger partial charge on any atom is -0.370 e. The van der Waals surface area contributed by atoms with Gasteiger partial charge in [-0.25, -0.2) is 13.4 Å². The van der Waals surface area contributed by atoms with Gasteiger partial charge < -0.3 is 5.32 Å². The molecule has 0 atom stereocenters. The highest BCUT2D eigenvalue weighted by atomic mass is 32.2. The normalized spacial score (nSPS) is 11.3. The molecule has 4 nitrogen and oxygen atoms in total. The molecule has 1 rings (SSSR count). The molecule has 0 radical (unpaired) electrons. The second-order valence-electron chi connectivity index (χ2n) is 3.08. The Bertz CT molecular complexity index is 384. The highest BCUT2D eigenvalue weighted by Gasteiger charge is 2.06. The lowest BCUT2D eigenvalue weighted by Gasteiger charge is -2.03. The van der Waals surface area contributed by atoms with Crippen LogP contribution in [-0.2, 0) is 9.84 Å². The van der Waals surface area contributed by atoms with Crippen LogP contribution >= 0.6 is 0 Å². The van der Waals surface area contributed by atoms with Gasteiger partial charge in [-0.1, -0.05) is 6.92 Å². The molecule has 14 heavy (non-hydrogen) atoms. The van der Waals surface area contributed by atoms with Gasteiger partial charge in [0, 0.05) is 19.0 Å². The van der Waals surface area contributed by atoms with Gasteiger partial charge in [-0.2, -0.15) is 0 Å². The van der Waals surface area contributed by atoms with Crippen molar-refractivity contribution >= 4 is 15.7 Å². The number of anilines is 1. The Morgan fingerprint density at radius 1 is 1.43 bits per heavy atom. The Hall–Kier alpha value is -1.10. The molecule has 0 bridgehead atoms. The lowest BCUT2D eigenvalue weighted by Crippen LogP contribution is -2.03. The maximum atomic E-state index is 11.1. The zero-order chi connectivity index (χ0) is 10.6. The first kappa shape index (κ1) is 11.0. The van der Waals surface area contributed by atoms with Gasteiger partial charge in [-0.3, -0.25) is 0 Å². The first-order valence-electron chi connectivity index (χ1n) is 4.44. The molecule has 0 saturated carbocycles. The first-order valence-corrected chi connectivity index (χ1v) is 6.33. The van der Waals surface area contributed by atoms with Gasteiger partial charge in [-0.15, -0.1) is 0 Å². The van der Waals surface area contributed by atoms with Gasteiger partial charge in [0.2, 0.25) is 0 Å². The van der Waals surface area contributed by atoms with Gasteiger partial charge in [0.1, 0.15) is 5.82 Å². The van der Waals surface area contributed by atoms with Gasteiger partial charge in [0.05, 0.1) is 4.90 Å². The number of rotatable bonds is 4. The third-order valence-corrected chi connectivity index (χ3v) is 2.82. The zero-order valence-corrected chi connectivity index (χ0v) is 9.13. The van der Waals surface area contributed by atoms with Crippen molar-refractivity contribution < 1.29 is 8.42 Å². The molecule has 1 N–H and O–H groups in total. The summed E-state index contributed by atoms with van der Waals surface area (Å²) >= 11 is 0. The fourth-order valence-corrected chi connectivity index (χ4v) is 1.52. The van der Waals surface area contributed by atoms with E-state index in [-0.39, 0.29) is 4.90 Å². The number of nitrogens with one attached hydrogen (secondary N) is 1. The smallest absolute Gasteiger partial charge is 0.177 e. The summed E-state index contributed by atoms with van der Waals surface area (Å²) in [5.74, 6) is 0.708. The van der Waals surface area contributed by atoms with Crippen LogP contribution in [0.4, 0.5) is 5.82 Å². The van der Waals surface area contributed by atoms with Crippen molar-refractivity contribution in [2.75, 3.05) is 18.1 Å². The van der Waals surface area contributed by atoms with E-state index in [0.717, 1.165) is 13.0 Å². The average molecular weight is 214 g/mol. The second-order valence-corrected chi connectivity index (χ2v) is 5.09. The molecule has 1 aromatic rings. The van der Waals surface area contributed by atoms with Crippen LogP contribution in [-0.4, -0.2) is 26.2 Å². The summed E-state index contributed by atoms with van der Waals surface area (Å²) in [5.41, 5.74) is 0. The Kier molecular flexibility index (Phi) is 3.46. The third-order valence-electron chi connectivity index (χ3n) is 1.72. The number of nitrogens with zero attached hydrogens (tertiary/aromatic N) is 1. The molecule has 0 aliphatic rings. The molecule has 0 unspecified atom stereocenters. The van der Waals surface area contributed by atoms with Crippen LogP contribution in [0.1, 0.15) is 13.3 Å². The summed E-state index contributed by atoms with van der Waals surface area (Å²) in [4.78, 5) is 4.24. The minimum absolute atomic E-state index is 0.250. The van der Waals surface area contributed by atoms with Crippen LogP contribution in [0.15, 0.2) is 23.2 Å². The van der Waals surface area contributed by atoms with E-state index < -0.39 is 9.84 Å². The van der Waals surface area contributed by atoms with E-state index in [0.29, 0.717) is 5.82 Å². The predicted octanol–water partition coefficient (Wildman–Crippen LogP) is 1.31. The van der Waals surface area contributed by atoms with Gasteiger partial charge in [-0.05, 0) is 18.6 Å². The van der Waals surface area contributed by atoms with Gasteiger partial charge >= 0.3 is 0 Å². The number of aromatic nitrogens is 1. The van der Waals surface area contributed by atoms with Gasteiger partial charge in [0.15, 0.2) is 9.84 Å². The summed E-state index contributed by atoms with van der Waals surface area (Å²) in [6.07, 6.45) is 3.55. The number of hydrogen-bond donors (Lipinski definition) is 1. The third kappa shape index (κ3) is 2.99. The summed E-state index contributed by atoms with van der Waals surface area (Å²) in [6, 6.07) is 3.23. The van der Waals surface area contributed by atoms with Crippen LogP contribution < -0.4 is 5.32 Å². The van der Waals surface area contributed by atoms with E-state index in [2.05, 4.69) is 17.2 Å². The zero-order valence-electron chi connectivity index (χ0n) is 8.32. The summed E-state index contributed by atoms with van der Waals surface area (Å²) in [7, 11) is -3.13. The van der Waals surface area contributed by atoms with Crippen LogP contribution in [0.3, 0.4) is 0 Å². The van der Waals surface area contributed by atoms with Crippen molar-refractivity contribution in [1.29, 1.82) is 0 Å². The molecule has 1 heterocycles. The lowest BCUT2D eigenvalue weighted by atomic mass is 10.4. The molecule has 5 heteroatoms.